The fourth-order valence-corrected chi connectivity index (χ4v) is 3.81. The zero-order valence-corrected chi connectivity index (χ0v) is 16.9. The van der Waals surface area contributed by atoms with Gasteiger partial charge < -0.3 is 24.1 Å². The lowest BCUT2D eigenvalue weighted by molar-refractivity contribution is -0.0157. The highest BCUT2D eigenvalue weighted by Gasteiger charge is 2.56. The van der Waals surface area contributed by atoms with Gasteiger partial charge in [0, 0.05) is 23.3 Å². The van der Waals surface area contributed by atoms with Gasteiger partial charge in [-0.3, -0.25) is 4.79 Å². The monoisotopic (exact) mass is 406 g/mol. The maximum absolute atomic E-state index is 13.8. The molecule has 0 radical (unpaired) electrons. The number of ether oxygens (including phenoxy) is 4. The lowest BCUT2D eigenvalue weighted by Crippen LogP contribution is -2.43. The van der Waals surface area contributed by atoms with Crippen molar-refractivity contribution in [2.45, 2.75) is 11.7 Å². The molecule has 1 aliphatic rings. The van der Waals surface area contributed by atoms with E-state index in [9.17, 15) is 9.90 Å². The van der Waals surface area contributed by atoms with E-state index in [0.717, 1.165) is 0 Å². The van der Waals surface area contributed by atoms with Gasteiger partial charge in [0.15, 0.2) is 0 Å². The topological polar surface area (TPSA) is 74.2 Å². The van der Waals surface area contributed by atoms with Crippen molar-refractivity contribution in [3.05, 3.63) is 83.4 Å². The van der Waals surface area contributed by atoms with Gasteiger partial charge in [-0.25, -0.2) is 0 Å². The molecule has 6 heteroatoms. The van der Waals surface area contributed by atoms with Crippen LogP contribution >= 0.6 is 0 Å². The number of ketones is 1. The van der Waals surface area contributed by atoms with Crippen LogP contribution in [0.15, 0.2) is 66.7 Å². The third-order valence-corrected chi connectivity index (χ3v) is 5.35. The van der Waals surface area contributed by atoms with Gasteiger partial charge in [-0.15, -0.1) is 0 Å². The van der Waals surface area contributed by atoms with Crippen molar-refractivity contribution >= 4 is 5.78 Å². The number of rotatable bonds is 6. The Labute approximate surface area is 174 Å². The summed E-state index contributed by atoms with van der Waals surface area (Å²) in [5, 5.41) is 11.5. The second-order valence-corrected chi connectivity index (χ2v) is 6.91. The van der Waals surface area contributed by atoms with Gasteiger partial charge in [0.05, 0.1) is 26.9 Å². The van der Waals surface area contributed by atoms with Gasteiger partial charge in [-0.05, 0) is 12.1 Å². The molecular weight excluding hydrogens is 384 g/mol. The molecule has 0 bridgehead atoms. The van der Waals surface area contributed by atoms with E-state index in [-0.39, 0.29) is 5.78 Å². The van der Waals surface area contributed by atoms with Crippen LogP contribution in [0.4, 0.5) is 0 Å². The van der Waals surface area contributed by atoms with Gasteiger partial charge in [0.2, 0.25) is 11.4 Å². The second-order valence-electron chi connectivity index (χ2n) is 6.91. The Morgan fingerprint density at radius 3 is 2.17 bits per heavy atom. The van der Waals surface area contributed by atoms with Gasteiger partial charge in [-0.1, -0.05) is 42.5 Å². The van der Waals surface area contributed by atoms with Crippen LogP contribution < -0.4 is 18.9 Å². The molecule has 1 heterocycles. The first-order valence-corrected chi connectivity index (χ1v) is 9.42. The summed E-state index contributed by atoms with van der Waals surface area (Å²) in [6.45, 7) is 0. The van der Waals surface area contributed by atoms with Crippen LogP contribution in [0.3, 0.4) is 0 Å². The highest BCUT2D eigenvalue weighted by atomic mass is 16.5. The first-order valence-electron chi connectivity index (χ1n) is 9.42. The Bertz CT molecular complexity index is 1060. The van der Waals surface area contributed by atoms with Crippen LogP contribution in [0, 0.1) is 0 Å². The number of carbonyl (C=O) groups excluding carboxylic acids is 1. The summed E-state index contributed by atoms with van der Waals surface area (Å²) in [4.78, 5) is 13.8. The Hall–Kier alpha value is -3.51. The average Bonchev–Trinajstić information content (AvgIpc) is 3.11. The molecule has 2 atom stereocenters. The lowest BCUT2D eigenvalue weighted by atomic mass is 9.80. The van der Waals surface area contributed by atoms with Crippen LogP contribution in [0.25, 0.3) is 0 Å². The summed E-state index contributed by atoms with van der Waals surface area (Å²) in [6.07, 6.45) is -1.30. The zero-order chi connectivity index (χ0) is 21.3. The number of aliphatic hydroxyl groups excluding tert-OH is 1. The normalized spacial score (nSPS) is 19.5. The highest BCUT2D eigenvalue weighted by Crippen LogP contribution is 2.55. The van der Waals surface area contributed by atoms with Crippen LogP contribution in [-0.4, -0.2) is 32.2 Å². The van der Waals surface area contributed by atoms with Crippen LogP contribution in [0.5, 0.6) is 23.0 Å². The van der Waals surface area contributed by atoms with Gasteiger partial charge >= 0.3 is 0 Å². The minimum absolute atomic E-state index is 0.332. The lowest BCUT2D eigenvalue weighted by Gasteiger charge is -2.31. The highest BCUT2D eigenvalue weighted by molar-refractivity contribution is 6.04. The van der Waals surface area contributed by atoms with Crippen LogP contribution in [0.2, 0.25) is 0 Å². The molecule has 0 aromatic heterocycles. The van der Waals surface area contributed by atoms with Crippen molar-refractivity contribution in [3.8, 4) is 23.0 Å². The molecule has 0 amide bonds. The summed E-state index contributed by atoms with van der Waals surface area (Å²) in [5.74, 6) is 1.48. The van der Waals surface area contributed by atoms with E-state index in [1.54, 1.807) is 67.8 Å². The summed E-state index contributed by atoms with van der Waals surface area (Å²) in [5.41, 5.74) is -0.360. The molecule has 1 aliphatic heterocycles. The smallest absolute Gasteiger partial charge is 0.226 e. The average molecular weight is 406 g/mol. The predicted molar refractivity (Wildman–Crippen MR) is 111 cm³/mol. The van der Waals surface area contributed by atoms with E-state index in [0.29, 0.717) is 39.7 Å². The number of hydrogen-bond donors (Lipinski definition) is 1. The van der Waals surface area contributed by atoms with E-state index in [1.807, 2.05) is 6.07 Å². The number of methoxy groups -OCH3 is 3. The Morgan fingerprint density at radius 2 is 1.57 bits per heavy atom. The SMILES string of the molecule is COc1ccc([C@@]2(C(=O)c3ccccc3)Oc3cc(OC)cc(OC)c3[C@@H]2O)cc1. The van der Waals surface area contributed by atoms with Crippen molar-refractivity contribution in [1.82, 2.24) is 0 Å². The number of aliphatic hydroxyl groups is 1. The molecule has 3 aromatic carbocycles. The molecule has 6 nitrogen and oxygen atoms in total. The molecule has 0 aliphatic carbocycles. The fraction of sp³-hybridized carbons (Fsp3) is 0.208. The molecule has 154 valence electrons. The molecular formula is C24H22O6. The molecule has 3 aromatic rings. The van der Waals surface area contributed by atoms with E-state index in [4.69, 9.17) is 18.9 Å². The first-order chi connectivity index (χ1) is 14.5. The van der Waals surface area contributed by atoms with E-state index in [1.165, 1.54) is 14.2 Å². The quantitative estimate of drug-likeness (QED) is 0.626. The summed E-state index contributed by atoms with van der Waals surface area (Å²) in [6, 6.07) is 19.0. The predicted octanol–water partition coefficient (Wildman–Crippen LogP) is 3.92. The maximum atomic E-state index is 13.8. The number of carbonyl (C=O) groups is 1. The summed E-state index contributed by atoms with van der Waals surface area (Å²) in [7, 11) is 4.58. The molecule has 0 saturated heterocycles. The van der Waals surface area contributed by atoms with E-state index in [2.05, 4.69) is 0 Å². The van der Waals surface area contributed by atoms with E-state index < -0.39 is 11.7 Å². The van der Waals surface area contributed by atoms with Crippen molar-refractivity contribution in [2.24, 2.45) is 0 Å². The molecule has 30 heavy (non-hydrogen) atoms. The molecule has 0 saturated carbocycles. The Morgan fingerprint density at radius 1 is 0.900 bits per heavy atom. The molecule has 0 unspecified atom stereocenters. The Kier molecular flexibility index (Phi) is 5.10. The maximum Gasteiger partial charge on any atom is 0.226 e. The minimum atomic E-state index is -1.68. The first kappa shape index (κ1) is 19.8. The molecule has 4 rings (SSSR count). The zero-order valence-electron chi connectivity index (χ0n) is 16.9. The largest absolute Gasteiger partial charge is 0.497 e. The van der Waals surface area contributed by atoms with Gasteiger partial charge in [0.1, 0.15) is 29.1 Å². The van der Waals surface area contributed by atoms with E-state index >= 15 is 0 Å². The van der Waals surface area contributed by atoms with Crippen molar-refractivity contribution in [1.29, 1.82) is 0 Å². The third-order valence-electron chi connectivity index (χ3n) is 5.35. The Balaban J connectivity index is 1.93. The second kappa shape index (κ2) is 7.72. The summed E-state index contributed by atoms with van der Waals surface area (Å²) >= 11 is 0. The van der Waals surface area contributed by atoms with Crippen molar-refractivity contribution < 1.29 is 28.8 Å². The third kappa shape index (κ3) is 2.97. The van der Waals surface area contributed by atoms with Crippen LogP contribution in [0.1, 0.15) is 27.6 Å². The van der Waals surface area contributed by atoms with Gasteiger partial charge in [-0.2, -0.15) is 0 Å². The van der Waals surface area contributed by atoms with Gasteiger partial charge in [0.25, 0.3) is 0 Å². The van der Waals surface area contributed by atoms with Crippen molar-refractivity contribution in [3.63, 3.8) is 0 Å². The fourth-order valence-electron chi connectivity index (χ4n) is 3.81. The number of fused-ring (bicyclic) bond motifs is 1. The minimum Gasteiger partial charge on any atom is -0.497 e. The number of hydrogen-bond acceptors (Lipinski definition) is 6. The van der Waals surface area contributed by atoms with Crippen molar-refractivity contribution in [2.75, 3.05) is 21.3 Å². The standard InChI is InChI=1S/C24H22O6/c1-27-17-11-9-16(10-12-17)24(22(25)15-7-5-4-6-8-15)23(26)21-19(29-3)13-18(28-2)14-20(21)30-24/h4-14,23,26H,1-3H3/t23-,24-/m0/s1. The van der Waals surface area contributed by atoms with Crippen LogP contribution in [-0.2, 0) is 5.60 Å². The summed E-state index contributed by atoms with van der Waals surface area (Å²) < 4.78 is 22.3. The molecule has 0 spiro atoms. The molecule has 0 fully saturated rings. The molecule has 1 N–H and O–H groups in total. The number of Topliss-reactive ketones (excluding diaryl/α,β-unsaturated/α-hetero) is 1. The number of benzene rings is 3.